The second kappa shape index (κ2) is 3.92. The minimum atomic E-state index is -0.750. The van der Waals surface area contributed by atoms with E-state index in [-0.39, 0.29) is 7.43 Å². The maximum Gasteiger partial charge on any atom is 0 e. The number of rotatable bonds is 0. The minimum absolute atomic E-state index is 0. The van der Waals surface area contributed by atoms with Crippen molar-refractivity contribution in [3.8, 4) is 0 Å². The van der Waals surface area contributed by atoms with E-state index in [4.69, 9.17) is 10.1 Å². The van der Waals surface area contributed by atoms with Crippen molar-refractivity contribution >= 4 is 0 Å². The zero-order valence-corrected chi connectivity index (χ0v) is 3.22. The van der Waals surface area contributed by atoms with Crippen LogP contribution in [0.15, 0.2) is 0 Å². The predicted octanol–water partition coefficient (Wildman–Crippen LogP) is -0.194. The number of hydrogen-bond donors (Lipinski definition) is 0. The Kier molecular flexibility index (Phi) is 6.95. The van der Waals surface area contributed by atoms with Crippen LogP contribution in [0.5, 0.6) is 0 Å². The van der Waals surface area contributed by atoms with Gasteiger partial charge in [-0.25, -0.2) is 0 Å². The van der Waals surface area contributed by atoms with Gasteiger partial charge in [0.25, 0.3) is 0 Å². The van der Waals surface area contributed by atoms with E-state index in [2.05, 4.69) is 16.2 Å². The second-order valence-corrected chi connectivity index (χ2v) is 0.607. The van der Waals surface area contributed by atoms with E-state index in [1.165, 1.54) is 0 Å². The van der Waals surface area contributed by atoms with Crippen LogP contribution in [0.25, 0.3) is 0 Å². The molecule has 0 amide bonds. The molecule has 0 aliphatic heterocycles. The van der Waals surface area contributed by atoms with Crippen molar-refractivity contribution in [2.75, 3.05) is 0 Å². The van der Waals surface area contributed by atoms with E-state index < -0.39 is 3.94 Å². The van der Waals surface area contributed by atoms with Gasteiger partial charge in [0.2, 0.25) is 0 Å². The third-order valence-electron chi connectivity index (χ3n) is 0. The van der Waals surface area contributed by atoms with Crippen molar-refractivity contribution in [1.82, 2.24) is 0 Å². The summed E-state index contributed by atoms with van der Waals surface area (Å²) in [4.78, 5) is 8.69. The molecule has 0 fully saturated rings. The zero-order valence-electron chi connectivity index (χ0n) is 2.12. The van der Waals surface area contributed by atoms with Crippen LogP contribution in [0.4, 0.5) is 0 Å². The van der Waals surface area contributed by atoms with Gasteiger partial charge in [-0.3, -0.25) is 0 Å². The Morgan fingerprint density at radius 1 is 1.80 bits per heavy atom. The largest absolute Gasteiger partial charge is 0 e. The van der Waals surface area contributed by atoms with Crippen LogP contribution in [0.3, 0.4) is 0 Å². The molecule has 4 radical (unpaired) electrons. The van der Waals surface area contributed by atoms with E-state index in [0.717, 1.165) is 0 Å². The summed E-state index contributed by atoms with van der Waals surface area (Å²) in [6.45, 7) is 0. The Labute approximate surface area is 38.5 Å². The molecule has 0 saturated carbocycles. The first-order valence-electron chi connectivity index (χ1n) is 0.523. The minimum Gasteiger partial charge on any atom is 0 e. The molecule has 5 heavy (non-hydrogen) atoms. The fourth-order valence-corrected chi connectivity index (χ4v) is 0. The molecule has 0 atom stereocenters. The third kappa shape index (κ3) is 2230. The first kappa shape index (κ1) is 8.87. The van der Waals surface area contributed by atoms with E-state index in [0.29, 0.717) is 0 Å². The van der Waals surface area contributed by atoms with Crippen LogP contribution in [0.1, 0.15) is 0 Å². The molecule has 0 aromatic heterocycles. The van der Waals surface area contributed by atoms with Gasteiger partial charge in [-0.2, -0.15) is 0 Å². The van der Waals surface area contributed by atoms with Crippen molar-refractivity contribution in [3.63, 3.8) is 0 Å². The van der Waals surface area contributed by atoms with Crippen LogP contribution in [0, 0.1) is 17.5 Å². The van der Waals surface area contributed by atoms with Gasteiger partial charge in [-0.15, -0.1) is 0 Å². The Morgan fingerprint density at radius 3 is 1.80 bits per heavy atom. The molecule has 0 heterocycles. The molecule has 0 saturated heterocycles. The smallest absolute Gasteiger partial charge is 0 e. The monoisotopic (exact) mass is 114 g/mol. The summed E-state index contributed by atoms with van der Waals surface area (Å²) >= 11 is 2.36. The van der Waals surface area contributed by atoms with Crippen LogP contribution < -0.4 is 0 Å². The van der Waals surface area contributed by atoms with Gasteiger partial charge in [-0.1, -0.05) is 0 Å². The van der Waals surface area contributed by atoms with Gasteiger partial charge in [0.05, 0.1) is 0 Å². The summed E-state index contributed by atoms with van der Waals surface area (Å²) in [5, 5.41) is 8.69. The molecule has 0 bridgehead atoms. The predicted molar refractivity (Wildman–Crippen MR) is 10.2 cm³/mol. The Balaban J connectivity index is 0. The third-order valence-corrected chi connectivity index (χ3v) is 0. The normalized spacial score (nSPS) is 5.00. The summed E-state index contributed by atoms with van der Waals surface area (Å²) in [7, 11) is 0. The molecule has 0 aliphatic rings. The van der Waals surface area contributed by atoms with Crippen molar-refractivity contribution in [2.24, 2.45) is 0 Å². The summed E-state index contributed by atoms with van der Waals surface area (Å²) in [6.07, 6.45) is 0. The summed E-state index contributed by atoms with van der Waals surface area (Å²) in [5.74, 6) is 0. The van der Waals surface area contributed by atoms with Gasteiger partial charge in [0, 0.05) is 7.43 Å². The fourth-order valence-electron chi connectivity index (χ4n) is 0. The van der Waals surface area contributed by atoms with Crippen molar-refractivity contribution in [3.05, 3.63) is 17.5 Å². The zero-order chi connectivity index (χ0) is 3.58. The Bertz CT molecular complexity index is 32.6. The van der Waals surface area contributed by atoms with Crippen LogP contribution in [0.2, 0.25) is 0 Å². The number of nitro groups is 1. The van der Waals surface area contributed by atoms with Gasteiger partial charge >= 0.3 is 30.3 Å². The molecule has 4 heteroatoms. The van der Waals surface area contributed by atoms with Gasteiger partial charge in [0.15, 0.2) is 0 Å². The van der Waals surface area contributed by atoms with Gasteiger partial charge in [0.1, 0.15) is 0 Å². The molecule has 0 aliphatic carbocycles. The second-order valence-electron chi connectivity index (χ2n) is 0.204. The fraction of sp³-hybridized carbons (Fsp3) is 0. The summed E-state index contributed by atoms with van der Waals surface area (Å²) < 4.78 is -0.750. The first-order chi connectivity index (χ1) is 1.73. The van der Waals surface area contributed by atoms with Crippen LogP contribution in [-0.2, 0) is 16.2 Å². The molecule has 0 aromatic rings. The molecule has 0 rings (SSSR count). The molecular weight excluding hydrogens is 114 g/mol. The maximum atomic E-state index is 8.69. The average Bonchev–Trinajstić information content (AvgIpc) is 0.811. The topological polar surface area (TPSA) is 43.1 Å². The quantitative estimate of drug-likeness (QED) is 0.248. The van der Waals surface area contributed by atoms with Gasteiger partial charge in [-0.05, 0) is 0 Å². The Morgan fingerprint density at radius 2 is 1.80 bits per heavy atom. The van der Waals surface area contributed by atoms with Crippen molar-refractivity contribution < 1.29 is 20.2 Å². The van der Waals surface area contributed by atoms with E-state index in [1.807, 2.05) is 0 Å². The summed E-state index contributed by atoms with van der Waals surface area (Å²) in [6, 6.07) is 0. The van der Waals surface area contributed by atoms with E-state index in [1.54, 1.807) is 0 Å². The van der Waals surface area contributed by atoms with Gasteiger partial charge < -0.3 is 0 Å². The average molecular weight is 114 g/mol. The first-order valence-corrected chi connectivity index (χ1v) is 1.02. The van der Waals surface area contributed by atoms with Crippen LogP contribution in [-0.4, -0.2) is 3.94 Å². The van der Waals surface area contributed by atoms with E-state index in [9.17, 15) is 0 Å². The molecule has 3 nitrogen and oxygen atoms in total. The van der Waals surface area contributed by atoms with Crippen LogP contribution >= 0.6 is 0 Å². The SMILES string of the molecule is O=[N+]([O-])[Fe].[C]. The summed E-state index contributed by atoms with van der Waals surface area (Å²) in [5.41, 5.74) is 0. The maximum absolute atomic E-state index is 8.69. The Hall–Kier alpha value is -0.0805. The molecule has 29 valence electrons. The molecule has 0 spiro atoms. The van der Waals surface area contributed by atoms with Crippen molar-refractivity contribution in [2.45, 2.75) is 0 Å². The standard InChI is InChI=1S/C.Fe.NO2/c;;2-1-3. The van der Waals surface area contributed by atoms with Crippen molar-refractivity contribution in [1.29, 1.82) is 0 Å². The number of nitrogens with zero attached hydrogens (tertiary/aromatic N) is 1. The molecule has 0 aromatic carbocycles. The molecule has 0 N–H and O–H groups in total. The van der Waals surface area contributed by atoms with E-state index >= 15 is 0 Å². The number of hydrogen-bond acceptors (Lipinski definition) is 2. The molecule has 0 unspecified atom stereocenters. The molecular formula is CFeNO2.